The summed E-state index contributed by atoms with van der Waals surface area (Å²) in [6.07, 6.45) is 2.81. The summed E-state index contributed by atoms with van der Waals surface area (Å²) < 4.78 is 25.9. The lowest BCUT2D eigenvalue weighted by Gasteiger charge is -2.31. The average Bonchev–Trinajstić information content (AvgIpc) is 2.75. The van der Waals surface area contributed by atoms with Crippen molar-refractivity contribution in [3.8, 4) is 0 Å². The van der Waals surface area contributed by atoms with Gasteiger partial charge in [-0.05, 0) is 43.2 Å². The van der Waals surface area contributed by atoms with Crippen LogP contribution in [0.25, 0.3) is 0 Å². The Bertz CT molecular complexity index is 1010. The Kier molecular flexibility index (Phi) is 9.53. The van der Waals surface area contributed by atoms with Gasteiger partial charge in [-0.2, -0.15) is 0 Å². The molecule has 2 rings (SSSR count). The molecule has 0 aromatic heterocycles. The van der Waals surface area contributed by atoms with E-state index in [1.54, 1.807) is 61.5 Å². The molecule has 9 heteroatoms. The molecule has 0 aliphatic carbocycles. The van der Waals surface area contributed by atoms with Crippen molar-refractivity contribution in [3.05, 3.63) is 65.2 Å². The lowest BCUT2D eigenvalue weighted by molar-refractivity contribution is -0.139. The van der Waals surface area contributed by atoms with Crippen molar-refractivity contribution in [3.63, 3.8) is 0 Å². The van der Waals surface area contributed by atoms with Gasteiger partial charge in [0.2, 0.25) is 21.8 Å². The number of carbonyl (C=O) groups excluding carboxylic acids is 2. The molecule has 0 aliphatic heterocycles. The minimum Gasteiger partial charge on any atom is -0.354 e. The van der Waals surface area contributed by atoms with E-state index in [0.717, 1.165) is 29.0 Å². The predicted octanol–water partition coefficient (Wildman–Crippen LogP) is 3.44. The Hall–Kier alpha value is -2.58. The molecule has 0 saturated heterocycles. The summed E-state index contributed by atoms with van der Waals surface area (Å²) in [4.78, 5) is 27.4. The number of hydrogen-bond donors (Lipinski definition) is 1. The molecule has 1 N–H and O–H groups in total. The molecule has 2 aromatic rings. The van der Waals surface area contributed by atoms with Gasteiger partial charge in [-0.1, -0.05) is 55.3 Å². The normalized spacial score (nSPS) is 12.1. The highest BCUT2D eigenvalue weighted by atomic mass is 35.5. The van der Waals surface area contributed by atoms with Crippen LogP contribution in [0.3, 0.4) is 0 Å². The number of hydrogen-bond acceptors (Lipinski definition) is 4. The molecule has 32 heavy (non-hydrogen) atoms. The molecule has 2 aromatic carbocycles. The maximum absolute atomic E-state index is 13.3. The number of anilines is 1. The second-order valence-electron chi connectivity index (χ2n) is 7.58. The Morgan fingerprint density at radius 2 is 1.78 bits per heavy atom. The third-order valence-electron chi connectivity index (χ3n) is 4.96. The molecule has 0 fully saturated rings. The minimum atomic E-state index is -3.73. The van der Waals surface area contributed by atoms with Crippen LogP contribution < -0.4 is 9.62 Å². The monoisotopic (exact) mass is 479 g/mol. The Morgan fingerprint density at radius 3 is 2.38 bits per heavy atom. The van der Waals surface area contributed by atoms with Crippen molar-refractivity contribution in [1.82, 2.24) is 10.2 Å². The number of benzene rings is 2. The summed E-state index contributed by atoms with van der Waals surface area (Å²) >= 11 is 6.09. The summed E-state index contributed by atoms with van der Waals surface area (Å²) in [7, 11) is -3.73. The third-order valence-corrected chi connectivity index (χ3v) is 6.34. The van der Waals surface area contributed by atoms with Gasteiger partial charge in [0.1, 0.15) is 12.6 Å². The van der Waals surface area contributed by atoms with Crippen molar-refractivity contribution < 1.29 is 18.0 Å². The average molecular weight is 480 g/mol. The zero-order chi connectivity index (χ0) is 23.7. The summed E-state index contributed by atoms with van der Waals surface area (Å²) in [5.41, 5.74) is 1.12. The second kappa shape index (κ2) is 11.9. The molecule has 0 saturated carbocycles. The number of rotatable bonds is 11. The largest absolute Gasteiger partial charge is 0.354 e. The first-order valence-electron chi connectivity index (χ1n) is 10.5. The highest BCUT2D eigenvalue weighted by molar-refractivity contribution is 7.92. The molecule has 0 heterocycles. The van der Waals surface area contributed by atoms with E-state index in [-0.39, 0.29) is 12.5 Å². The van der Waals surface area contributed by atoms with E-state index in [2.05, 4.69) is 5.32 Å². The highest BCUT2D eigenvalue weighted by Gasteiger charge is 2.29. The van der Waals surface area contributed by atoms with Gasteiger partial charge < -0.3 is 10.2 Å². The van der Waals surface area contributed by atoms with Crippen LogP contribution in [0.5, 0.6) is 0 Å². The molecule has 174 valence electrons. The van der Waals surface area contributed by atoms with E-state index in [1.807, 2.05) is 6.92 Å². The number of unbranched alkanes of at least 4 members (excludes halogenated alkanes) is 1. The molecule has 0 spiro atoms. The molecular weight excluding hydrogens is 450 g/mol. The molecule has 7 nitrogen and oxygen atoms in total. The van der Waals surface area contributed by atoms with Crippen molar-refractivity contribution >= 4 is 39.1 Å². The van der Waals surface area contributed by atoms with Crippen LogP contribution in [0, 0.1) is 0 Å². The van der Waals surface area contributed by atoms with Crippen molar-refractivity contribution in [2.75, 3.05) is 23.7 Å². The molecule has 0 radical (unpaired) electrons. The predicted molar refractivity (Wildman–Crippen MR) is 128 cm³/mol. The van der Waals surface area contributed by atoms with Crippen molar-refractivity contribution in [2.24, 2.45) is 0 Å². The Labute approximate surface area is 195 Å². The zero-order valence-corrected chi connectivity index (χ0v) is 20.2. The number of nitrogens with one attached hydrogen (secondary N) is 1. The summed E-state index contributed by atoms with van der Waals surface area (Å²) in [6.45, 7) is 3.87. The van der Waals surface area contributed by atoms with Crippen LogP contribution >= 0.6 is 11.6 Å². The van der Waals surface area contributed by atoms with Gasteiger partial charge in [0.15, 0.2) is 0 Å². The van der Waals surface area contributed by atoms with E-state index < -0.39 is 28.5 Å². The van der Waals surface area contributed by atoms with Crippen molar-refractivity contribution in [1.29, 1.82) is 0 Å². The maximum atomic E-state index is 13.3. The minimum absolute atomic E-state index is 0.119. The van der Waals surface area contributed by atoms with Crippen LogP contribution in [0.15, 0.2) is 54.6 Å². The van der Waals surface area contributed by atoms with Gasteiger partial charge in [0.25, 0.3) is 0 Å². The fraction of sp³-hybridized carbons (Fsp3) is 0.391. The Balaban J connectivity index is 2.31. The van der Waals surface area contributed by atoms with Gasteiger partial charge in [0.05, 0.1) is 11.9 Å². The van der Waals surface area contributed by atoms with E-state index in [9.17, 15) is 18.0 Å². The third kappa shape index (κ3) is 7.53. The zero-order valence-electron chi connectivity index (χ0n) is 18.6. The number of amides is 2. The van der Waals surface area contributed by atoms with E-state index in [4.69, 9.17) is 11.6 Å². The summed E-state index contributed by atoms with van der Waals surface area (Å²) in [5.74, 6) is -0.781. The Morgan fingerprint density at radius 1 is 1.09 bits per heavy atom. The quantitative estimate of drug-likeness (QED) is 0.500. The van der Waals surface area contributed by atoms with Gasteiger partial charge in [0, 0.05) is 18.1 Å². The summed E-state index contributed by atoms with van der Waals surface area (Å²) in [6, 6.07) is 14.6. The first-order chi connectivity index (χ1) is 15.1. The topological polar surface area (TPSA) is 86.8 Å². The fourth-order valence-electron chi connectivity index (χ4n) is 3.16. The maximum Gasteiger partial charge on any atom is 0.244 e. The molecule has 1 atom stereocenters. The van der Waals surface area contributed by atoms with Crippen LogP contribution in [0.2, 0.25) is 5.02 Å². The lowest BCUT2D eigenvalue weighted by atomic mass is 10.1. The first kappa shape index (κ1) is 25.7. The molecule has 0 unspecified atom stereocenters. The van der Waals surface area contributed by atoms with Crippen LogP contribution in [0.4, 0.5) is 5.69 Å². The van der Waals surface area contributed by atoms with E-state index in [0.29, 0.717) is 17.3 Å². The van der Waals surface area contributed by atoms with Crippen LogP contribution in [0.1, 0.15) is 32.3 Å². The standard InChI is InChI=1S/C23H30ClN3O4S/c1-4-5-14-25-23(29)18(2)26(16-19-10-9-11-20(24)15-19)22(28)17-27(32(3,30)31)21-12-7-6-8-13-21/h6-13,15,18H,4-5,14,16-17H2,1-3H3,(H,25,29)/t18-/m0/s1. The van der Waals surface area contributed by atoms with E-state index in [1.165, 1.54) is 4.90 Å². The molecule has 0 bridgehead atoms. The SMILES string of the molecule is CCCCNC(=O)[C@H](C)N(Cc1cccc(Cl)c1)C(=O)CN(c1ccccc1)S(C)(=O)=O. The van der Waals surface area contributed by atoms with Gasteiger partial charge in [-0.15, -0.1) is 0 Å². The van der Waals surface area contributed by atoms with Crippen LogP contribution in [-0.4, -0.2) is 50.5 Å². The van der Waals surface area contributed by atoms with Crippen LogP contribution in [-0.2, 0) is 26.2 Å². The number of para-hydroxylation sites is 1. The molecule has 2 amide bonds. The number of sulfonamides is 1. The summed E-state index contributed by atoms with van der Waals surface area (Å²) in [5, 5.41) is 3.35. The number of halogens is 1. The smallest absolute Gasteiger partial charge is 0.244 e. The first-order valence-corrected chi connectivity index (χ1v) is 12.7. The van der Waals surface area contributed by atoms with E-state index >= 15 is 0 Å². The van der Waals surface area contributed by atoms with Gasteiger partial charge in [-0.25, -0.2) is 8.42 Å². The highest BCUT2D eigenvalue weighted by Crippen LogP contribution is 2.19. The second-order valence-corrected chi connectivity index (χ2v) is 9.92. The van der Waals surface area contributed by atoms with Crippen molar-refractivity contribution in [2.45, 2.75) is 39.3 Å². The molecule has 0 aliphatic rings. The molecular formula is C23H30ClN3O4S. The fourth-order valence-corrected chi connectivity index (χ4v) is 4.22. The lowest BCUT2D eigenvalue weighted by Crippen LogP contribution is -2.51. The van der Waals surface area contributed by atoms with Gasteiger partial charge >= 0.3 is 0 Å². The van der Waals surface area contributed by atoms with Gasteiger partial charge in [-0.3, -0.25) is 13.9 Å². The number of carbonyl (C=O) groups is 2. The number of nitrogens with zero attached hydrogens (tertiary/aromatic N) is 2.